The zero-order chi connectivity index (χ0) is 7.56. The van der Waals surface area contributed by atoms with E-state index in [0.29, 0.717) is 6.54 Å². The van der Waals surface area contributed by atoms with Crippen LogP contribution in [0.2, 0.25) is 0 Å². The smallest absolute Gasteiger partial charge is 0.244 e. The third-order valence-electron chi connectivity index (χ3n) is 1.44. The quantitative estimate of drug-likeness (QED) is 0.412. The maximum atomic E-state index is 10.1. The van der Waals surface area contributed by atoms with Crippen molar-refractivity contribution in [1.29, 1.82) is 0 Å². The van der Waals surface area contributed by atoms with E-state index < -0.39 is 0 Å². The molecule has 1 rings (SSSR count). The third kappa shape index (κ3) is 1.23. The van der Waals surface area contributed by atoms with Crippen molar-refractivity contribution in [1.82, 2.24) is 4.57 Å². The lowest BCUT2D eigenvalue weighted by Crippen LogP contribution is -2.23. The van der Waals surface area contributed by atoms with Crippen molar-refractivity contribution in [2.45, 2.75) is 13.5 Å². The Balaban J connectivity index is 2.91. The lowest BCUT2D eigenvalue weighted by atomic mass is 10.5. The molecule has 0 N–H and O–H groups in total. The van der Waals surface area contributed by atoms with Gasteiger partial charge < -0.3 is 0 Å². The van der Waals surface area contributed by atoms with E-state index in [-0.39, 0.29) is 0 Å². The van der Waals surface area contributed by atoms with Crippen LogP contribution in [0.4, 0.5) is 0 Å². The SMILES string of the molecule is Cc1c[n+](C)cn1CC=O. The standard InChI is InChI=1S/C7H11N2O/c1-7-5-8(2)6-9(7)3-4-10/h4-6H,3H2,1-2H3/q+1. The summed E-state index contributed by atoms with van der Waals surface area (Å²) in [6, 6.07) is 0. The molecule has 0 spiro atoms. The summed E-state index contributed by atoms with van der Waals surface area (Å²) >= 11 is 0. The Morgan fingerprint density at radius 1 is 1.80 bits per heavy atom. The summed E-state index contributed by atoms with van der Waals surface area (Å²) < 4.78 is 3.83. The second-order valence-electron chi connectivity index (χ2n) is 2.37. The first-order chi connectivity index (χ1) is 4.74. The van der Waals surface area contributed by atoms with E-state index >= 15 is 0 Å². The normalized spacial score (nSPS) is 9.80. The first-order valence-corrected chi connectivity index (χ1v) is 3.19. The number of aromatic nitrogens is 2. The van der Waals surface area contributed by atoms with Gasteiger partial charge in [-0.15, -0.1) is 0 Å². The summed E-state index contributed by atoms with van der Waals surface area (Å²) in [4.78, 5) is 10.1. The van der Waals surface area contributed by atoms with Gasteiger partial charge in [-0.3, -0.25) is 4.79 Å². The molecule has 0 radical (unpaired) electrons. The maximum Gasteiger partial charge on any atom is 0.244 e. The fourth-order valence-corrected chi connectivity index (χ4v) is 0.985. The van der Waals surface area contributed by atoms with E-state index in [1.165, 1.54) is 0 Å². The zero-order valence-corrected chi connectivity index (χ0v) is 6.24. The van der Waals surface area contributed by atoms with Crippen molar-refractivity contribution in [3.63, 3.8) is 0 Å². The molecule has 0 amide bonds. The molecule has 0 saturated heterocycles. The predicted octanol–water partition coefficient (Wildman–Crippen LogP) is -0.180. The molecule has 3 nitrogen and oxygen atoms in total. The summed E-state index contributed by atoms with van der Waals surface area (Å²) in [5.41, 5.74) is 1.11. The fourth-order valence-electron chi connectivity index (χ4n) is 0.985. The molecular formula is C7H11N2O+. The Hall–Kier alpha value is -1.12. The second-order valence-corrected chi connectivity index (χ2v) is 2.37. The van der Waals surface area contributed by atoms with Gasteiger partial charge in [-0.1, -0.05) is 0 Å². The minimum absolute atomic E-state index is 0.451. The van der Waals surface area contributed by atoms with Gasteiger partial charge in [0.05, 0.1) is 7.05 Å². The van der Waals surface area contributed by atoms with E-state index in [1.54, 1.807) is 0 Å². The molecule has 10 heavy (non-hydrogen) atoms. The molecule has 0 aliphatic carbocycles. The molecule has 1 aromatic heterocycles. The van der Waals surface area contributed by atoms with Crippen LogP contribution >= 0.6 is 0 Å². The molecule has 54 valence electrons. The Morgan fingerprint density at radius 3 is 2.90 bits per heavy atom. The minimum atomic E-state index is 0.451. The average molecular weight is 139 g/mol. The van der Waals surface area contributed by atoms with Gasteiger partial charge in [-0.2, -0.15) is 0 Å². The largest absolute Gasteiger partial charge is 0.299 e. The van der Waals surface area contributed by atoms with Crippen LogP contribution in [0.1, 0.15) is 5.69 Å². The molecular weight excluding hydrogens is 128 g/mol. The first-order valence-electron chi connectivity index (χ1n) is 3.19. The second kappa shape index (κ2) is 2.64. The van der Waals surface area contributed by atoms with Crippen molar-refractivity contribution < 1.29 is 9.36 Å². The molecule has 0 unspecified atom stereocenters. The number of hydrogen-bond acceptors (Lipinski definition) is 1. The lowest BCUT2D eigenvalue weighted by molar-refractivity contribution is -0.671. The summed E-state index contributed by atoms with van der Waals surface area (Å²) in [6.07, 6.45) is 4.76. The molecule has 0 aliphatic rings. The van der Waals surface area contributed by atoms with E-state index in [0.717, 1.165) is 12.0 Å². The van der Waals surface area contributed by atoms with Gasteiger partial charge in [-0.25, -0.2) is 9.13 Å². The van der Waals surface area contributed by atoms with Crippen molar-refractivity contribution in [3.8, 4) is 0 Å². The van der Waals surface area contributed by atoms with Crippen LogP contribution in [-0.4, -0.2) is 10.9 Å². The van der Waals surface area contributed by atoms with Crippen LogP contribution in [0.3, 0.4) is 0 Å². The van der Waals surface area contributed by atoms with E-state index in [2.05, 4.69) is 0 Å². The molecule has 1 heterocycles. The van der Waals surface area contributed by atoms with Gasteiger partial charge in [0.15, 0.2) is 6.29 Å². The van der Waals surface area contributed by atoms with Crippen molar-refractivity contribution in [2.24, 2.45) is 7.05 Å². The van der Waals surface area contributed by atoms with Crippen molar-refractivity contribution in [3.05, 3.63) is 18.2 Å². The van der Waals surface area contributed by atoms with Crippen LogP contribution in [0.15, 0.2) is 12.5 Å². The number of nitrogens with zero attached hydrogens (tertiary/aromatic N) is 2. The average Bonchev–Trinajstić information content (AvgIpc) is 2.13. The Morgan fingerprint density at radius 2 is 2.50 bits per heavy atom. The highest BCUT2D eigenvalue weighted by Crippen LogP contribution is 1.91. The molecule has 0 saturated carbocycles. The van der Waals surface area contributed by atoms with Crippen LogP contribution in [-0.2, 0) is 18.4 Å². The molecule has 0 bridgehead atoms. The Kier molecular flexibility index (Phi) is 1.85. The first kappa shape index (κ1) is 6.99. The number of imidazole rings is 1. The fraction of sp³-hybridized carbons (Fsp3) is 0.429. The van der Waals surface area contributed by atoms with Crippen LogP contribution in [0, 0.1) is 6.92 Å². The Bertz CT molecular complexity index is 240. The van der Waals surface area contributed by atoms with E-state index in [1.807, 2.05) is 35.6 Å². The van der Waals surface area contributed by atoms with E-state index in [4.69, 9.17) is 0 Å². The van der Waals surface area contributed by atoms with Crippen LogP contribution < -0.4 is 4.57 Å². The summed E-state index contributed by atoms with van der Waals surface area (Å²) in [5.74, 6) is 0. The predicted molar refractivity (Wildman–Crippen MR) is 36.4 cm³/mol. The van der Waals surface area contributed by atoms with Crippen LogP contribution in [0.5, 0.6) is 0 Å². The number of hydrogen-bond donors (Lipinski definition) is 0. The van der Waals surface area contributed by atoms with Gasteiger partial charge >= 0.3 is 0 Å². The molecule has 0 aromatic carbocycles. The van der Waals surface area contributed by atoms with Gasteiger partial charge in [0, 0.05) is 6.92 Å². The monoisotopic (exact) mass is 139 g/mol. The van der Waals surface area contributed by atoms with E-state index in [9.17, 15) is 4.79 Å². The highest BCUT2D eigenvalue weighted by Gasteiger charge is 2.03. The summed E-state index contributed by atoms with van der Waals surface area (Å²) in [7, 11) is 1.94. The minimum Gasteiger partial charge on any atom is -0.299 e. The highest BCUT2D eigenvalue weighted by atomic mass is 16.1. The number of aldehydes is 1. The topological polar surface area (TPSA) is 25.9 Å². The number of carbonyl (C=O) groups excluding carboxylic acids is 1. The highest BCUT2D eigenvalue weighted by molar-refractivity contribution is 5.49. The number of carbonyl (C=O) groups is 1. The molecule has 1 aromatic rings. The van der Waals surface area contributed by atoms with Crippen LogP contribution in [0.25, 0.3) is 0 Å². The van der Waals surface area contributed by atoms with Gasteiger partial charge in [-0.05, 0) is 0 Å². The molecule has 0 atom stereocenters. The zero-order valence-electron chi connectivity index (χ0n) is 6.24. The Labute approximate surface area is 59.9 Å². The third-order valence-corrected chi connectivity index (χ3v) is 1.44. The lowest BCUT2D eigenvalue weighted by Gasteiger charge is -1.86. The van der Waals surface area contributed by atoms with Gasteiger partial charge in [0.25, 0.3) is 0 Å². The van der Waals surface area contributed by atoms with Crippen molar-refractivity contribution in [2.75, 3.05) is 0 Å². The van der Waals surface area contributed by atoms with Crippen molar-refractivity contribution >= 4 is 6.29 Å². The molecule has 0 aliphatic heterocycles. The molecule has 0 fully saturated rings. The van der Waals surface area contributed by atoms with Gasteiger partial charge in [0.1, 0.15) is 18.4 Å². The van der Waals surface area contributed by atoms with Gasteiger partial charge in [0.2, 0.25) is 6.33 Å². The molecule has 3 heteroatoms. The number of rotatable bonds is 2. The maximum absolute atomic E-state index is 10.1. The summed E-state index contributed by atoms with van der Waals surface area (Å²) in [5, 5.41) is 0. The summed E-state index contributed by atoms with van der Waals surface area (Å²) in [6.45, 7) is 2.43. The number of aryl methyl sites for hydroxylation is 2.